The van der Waals surface area contributed by atoms with Crippen LogP contribution in [0.4, 0.5) is 0 Å². The summed E-state index contributed by atoms with van der Waals surface area (Å²) in [5.74, 6) is -1.31. The second kappa shape index (κ2) is 15.7. The van der Waals surface area contributed by atoms with E-state index in [0.29, 0.717) is 6.61 Å². The van der Waals surface area contributed by atoms with Crippen molar-refractivity contribution in [3.63, 3.8) is 0 Å². The minimum absolute atomic E-state index is 0.328. The number of carbonyl (C=O) groups is 2. The maximum Gasteiger partial charge on any atom is 0.330 e. The lowest BCUT2D eigenvalue weighted by molar-refractivity contribution is -0.137. The molecule has 1 aromatic rings. The Kier molecular flexibility index (Phi) is 13.3. The molecule has 0 spiro atoms. The van der Waals surface area contributed by atoms with Crippen LogP contribution in [-0.4, -0.2) is 23.7 Å². The summed E-state index contributed by atoms with van der Waals surface area (Å²) in [4.78, 5) is 22.2. The van der Waals surface area contributed by atoms with Crippen molar-refractivity contribution in [2.24, 2.45) is 0 Å². The van der Waals surface area contributed by atoms with Crippen molar-refractivity contribution in [3.8, 4) is 0 Å². The van der Waals surface area contributed by atoms with Crippen molar-refractivity contribution in [1.29, 1.82) is 0 Å². The van der Waals surface area contributed by atoms with Gasteiger partial charge in [0.1, 0.15) is 0 Å². The molecule has 1 N–H and O–H groups in total. The van der Waals surface area contributed by atoms with Crippen molar-refractivity contribution in [3.05, 3.63) is 47.5 Å². The molecule has 4 nitrogen and oxygen atoms in total. The summed E-state index contributed by atoms with van der Waals surface area (Å²) >= 11 is 0. The highest BCUT2D eigenvalue weighted by atomic mass is 16.5. The number of carboxylic acid groups (broad SMARTS) is 1. The summed E-state index contributed by atoms with van der Waals surface area (Å²) < 4.78 is 5.22. The number of ether oxygens (including phenoxy) is 1. The summed E-state index contributed by atoms with van der Waals surface area (Å²) in [7, 11) is 0. The molecule has 0 fully saturated rings. The highest BCUT2D eigenvalue weighted by Crippen LogP contribution is 2.11. The van der Waals surface area contributed by atoms with E-state index in [1.807, 2.05) is 12.1 Å². The van der Waals surface area contributed by atoms with Crippen LogP contribution in [0.5, 0.6) is 0 Å². The van der Waals surface area contributed by atoms with Crippen LogP contribution < -0.4 is 0 Å². The van der Waals surface area contributed by atoms with Gasteiger partial charge in [0.2, 0.25) is 0 Å². The van der Waals surface area contributed by atoms with Crippen LogP contribution in [0.2, 0.25) is 0 Å². The zero-order chi connectivity index (χ0) is 20.5. The van der Waals surface area contributed by atoms with Gasteiger partial charge < -0.3 is 9.84 Å². The molecule has 0 amide bonds. The summed E-state index contributed by atoms with van der Waals surface area (Å²) in [6.07, 6.45) is 18.3. The van der Waals surface area contributed by atoms with Crippen LogP contribution >= 0.6 is 0 Å². The predicted molar refractivity (Wildman–Crippen MR) is 115 cm³/mol. The van der Waals surface area contributed by atoms with Crippen LogP contribution in [-0.2, 0) is 14.3 Å². The van der Waals surface area contributed by atoms with Gasteiger partial charge in [-0.25, -0.2) is 9.59 Å². The molecular weight excluding hydrogens is 352 g/mol. The van der Waals surface area contributed by atoms with Crippen molar-refractivity contribution in [2.75, 3.05) is 6.61 Å². The monoisotopic (exact) mass is 386 g/mol. The van der Waals surface area contributed by atoms with Gasteiger partial charge in [-0.1, -0.05) is 89.0 Å². The van der Waals surface area contributed by atoms with E-state index >= 15 is 0 Å². The average molecular weight is 387 g/mol. The molecule has 0 heterocycles. The summed E-state index contributed by atoms with van der Waals surface area (Å²) in [5.41, 5.74) is 1.66. The zero-order valence-electron chi connectivity index (χ0n) is 17.1. The molecule has 28 heavy (non-hydrogen) atoms. The lowest BCUT2D eigenvalue weighted by Crippen LogP contribution is -2.02. The Bertz CT molecular complexity index is 614. The van der Waals surface area contributed by atoms with Crippen molar-refractivity contribution < 1.29 is 19.4 Å². The summed E-state index contributed by atoms with van der Waals surface area (Å²) in [5, 5.41) is 8.60. The molecule has 0 radical (unpaired) electrons. The number of unbranched alkanes of at least 4 members (excludes halogenated alkanes) is 9. The fourth-order valence-electron chi connectivity index (χ4n) is 2.86. The van der Waals surface area contributed by atoms with Crippen molar-refractivity contribution in [2.45, 2.75) is 71.1 Å². The van der Waals surface area contributed by atoms with Gasteiger partial charge in [0, 0.05) is 12.2 Å². The maximum atomic E-state index is 11.7. The zero-order valence-corrected chi connectivity index (χ0v) is 17.1. The Morgan fingerprint density at radius 2 is 1.25 bits per heavy atom. The number of carboxylic acids is 1. The molecule has 0 saturated carbocycles. The number of hydrogen-bond donors (Lipinski definition) is 1. The smallest absolute Gasteiger partial charge is 0.330 e. The van der Waals surface area contributed by atoms with Gasteiger partial charge in [0.25, 0.3) is 0 Å². The number of benzene rings is 1. The Hall–Kier alpha value is -2.36. The van der Waals surface area contributed by atoms with E-state index in [9.17, 15) is 9.59 Å². The number of carbonyl (C=O) groups excluding carboxylic acids is 1. The van der Waals surface area contributed by atoms with E-state index in [2.05, 4.69) is 6.92 Å². The molecule has 154 valence electrons. The SMILES string of the molecule is CCCCCCCCCCCCOC(=O)/C=C/c1ccc(/C=C/C(=O)O)cc1. The molecule has 0 aliphatic heterocycles. The lowest BCUT2D eigenvalue weighted by Gasteiger charge is -2.03. The second-order valence-electron chi connectivity index (χ2n) is 7.02. The largest absolute Gasteiger partial charge is 0.478 e. The maximum absolute atomic E-state index is 11.7. The number of hydrogen-bond acceptors (Lipinski definition) is 3. The molecule has 0 aromatic heterocycles. The minimum atomic E-state index is -0.978. The van der Waals surface area contributed by atoms with Crippen LogP contribution in [0.25, 0.3) is 12.2 Å². The third kappa shape index (κ3) is 12.9. The summed E-state index contributed by atoms with van der Waals surface area (Å²) in [6, 6.07) is 7.25. The van der Waals surface area contributed by atoms with E-state index in [4.69, 9.17) is 9.84 Å². The first-order valence-corrected chi connectivity index (χ1v) is 10.5. The first-order valence-electron chi connectivity index (χ1n) is 10.5. The minimum Gasteiger partial charge on any atom is -0.478 e. The third-order valence-electron chi connectivity index (χ3n) is 4.51. The average Bonchev–Trinajstić information content (AvgIpc) is 2.69. The fraction of sp³-hybridized carbons (Fsp3) is 0.500. The Morgan fingerprint density at radius 3 is 1.75 bits per heavy atom. The summed E-state index contributed by atoms with van der Waals surface area (Å²) in [6.45, 7) is 2.71. The van der Waals surface area contributed by atoms with E-state index in [1.165, 1.54) is 63.5 Å². The third-order valence-corrected chi connectivity index (χ3v) is 4.51. The highest BCUT2D eigenvalue weighted by molar-refractivity contribution is 5.87. The molecule has 0 aliphatic rings. The topological polar surface area (TPSA) is 63.6 Å². The normalized spacial score (nSPS) is 11.3. The van der Waals surface area contributed by atoms with Gasteiger partial charge in [-0.05, 0) is 29.7 Å². The molecular formula is C24H34O4. The van der Waals surface area contributed by atoms with Gasteiger partial charge in [-0.15, -0.1) is 0 Å². The Morgan fingerprint density at radius 1 is 0.786 bits per heavy atom. The van der Waals surface area contributed by atoms with E-state index in [0.717, 1.165) is 30.0 Å². The van der Waals surface area contributed by atoms with Gasteiger partial charge >= 0.3 is 11.9 Å². The van der Waals surface area contributed by atoms with Gasteiger partial charge in [0.05, 0.1) is 6.61 Å². The van der Waals surface area contributed by atoms with Crippen LogP contribution in [0, 0.1) is 0 Å². The molecule has 0 bridgehead atoms. The number of esters is 1. The van der Waals surface area contributed by atoms with Crippen LogP contribution in [0.15, 0.2) is 36.4 Å². The second-order valence-corrected chi connectivity index (χ2v) is 7.02. The molecule has 0 aliphatic carbocycles. The molecule has 1 aromatic carbocycles. The lowest BCUT2D eigenvalue weighted by atomic mass is 10.1. The van der Waals surface area contributed by atoms with E-state index < -0.39 is 5.97 Å². The van der Waals surface area contributed by atoms with E-state index in [-0.39, 0.29) is 5.97 Å². The molecule has 1 rings (SSSR count). The van der Waals surface area contributed by atoms with Gasteiger partial charge in [-0.3, -0.25) is 0 Å². The first kappa shape index (κ1) is 23.7. The van der Waals surface area contributed by atoms with Gasteiger partial charge in [-0.2, -0.15) is 0 Å². The standard InChI is InChI=1S/C24H34O4/c1-2-3-4-5-6-7-8-9-10-11-20-28-24(27)19-17-22-14-12-21(13-15-22)16-18-23(25)26/h12-19H,2-11,20H2,1H3,(H,25,26)/b18-16+,19-17+. The van der Waals surface area contributed by atoms with E-state index in [1.54, 1.807) is 18.2 Å². The quantitative estimate of drug-likeness (QED) is 0.219. The molecule has 0 saturated heterocycles. The molecule has 0 unspecified atom stereocenters. The van der Waals surface area contributed by atoms with Crippen molar-refractivity contribution >= 4 is 24.1 Å². The highest BCUT2D eigenvalue weighted by Gasteiger charge is 1.98. The molecule has 0 atom stereocenters. The number of aliphatic carboxylic acids is 1. The number of rotatable bonds is 15. The first-order chi connectivity index (χ1) is 13.6. The Balaban J connectivity index is 2.09. The van der Waals surface area contributed by atoms with Crippen LogP contribution in [0.3, 0.4) is 0 Å². The van der Waals surface area contributed by atoms with Crippen LogP contribution in [0.1, 0.15) is 82.3 Å². The Labute approximate surface area is 169 Å². The van der Waals surface area contributed by atoms with Crippen molar-refractivity contribution in [1.82, 2.24) is 0 Å². The fourth-order valence-corrected chi connectivity index (χ4v) is 2.86. The molecule has 4 heteroatoms. The predicted octanol–water partition coefficient (Wildman–Crippen LogP) is 6.26. The van der Waals surface area contributed by atoms with Gasteiger partial charge in [0.15, 0.2) is 0 Å².